The molecule has 2 aromatic rings. The number of hydrogen-bond acceptors (Lipinski definition) is 3. The monoisotopic (exact) mass is 202 g/mol. The summed E-state index contributed by atoms with van der Waals surface area (Å²) < 4.78 is 5.08. The van der Waals surface area contributed by atoms with Gasteiger partial charge >= 0.3 is 0 Å². The maximum atomic E-state index is 11.0. The predicted octanol–water partition coefficient (Wildman–Crippen LogP) is 1.02. The zero-order valence-electron chi connectivity index (χ0n) is 7.82. The maximum Gasteiger partial charge on any atom is 0.248 e. The van der Waals surface area contributed by atoms with Gasteiger partial charge in [-0.15, -0.1) is 0 Å². The summed E-state index contributed by atoms with van der Waals surface area (Å²) in [6.07, 6.45) is 1.64. The van der Waals surface area contributed by atoms with Crippen LogP contribution in [0.2, 0.25) is 0 Å². The van der Waals surface area contributed by atoms with Crippen LogP contribution in [0.5, 0.6) is 5.75 Å². The molecule has 1 heterocycles. The second kappa shape index (κ2) is 3.96. The molecule has 0 atom stereocenters. The smallest absolute Gasteiger partial charge is 0.248 e. The van der Waals surface area contributed by atoms with Crippen LogP contribution >= 0.6 is 0 Å². The molecular weight excluding hydrogens is 194 g/mol. The van der Waals surface area contributed by atoms with Crippen molar-refractivity contribution in [2.45, 2.75) is 0 Å². The van der Waals surface area contributed by atoms with Crippen LogP contribution in [0.3, 0.4) is 0 Å². The summed E-state index contributed by atoms with van der Waals surface area (Å²) >= 11 is 0. The number of aromatic nitrogens is 1. The molecular formula is C11H8NO3. The van der Waals surface area contributed by atoms with Gasteiger partial charge in [0.1, 0.15) is 5.75 Å². The Bertz CT molecular complexity index is 545. The first-order valence-electron chi connectivity index (χ1n) is 4.40. The van der Waals surface area contributed by atoms with Crippen LogP contribution < -0.4 is 10.3 Å². The highest BCUT2D eigenvalue weighted by atomic mass is 16.5. The number of ether oxygens (including phenoxy) is 1. The van der Waals surface area contributed by atoms with Crippen LogP contribution in [-0.4, -0.2) is 17.9 Å². The molecule has 2 rings (SSSR count). The Balaban J connectivity index is 2.43. The zero-order valence-corrected chi connectivity index (χ0v) is 7.82. The van der Waals surface area contributed by atoms with E-state index in [-0.39, 0.29) is 12.2 Å². The van der Waals surface area contributed by atoms with E-state index in [9.17, 15) is 9.59 Å². The Morgan fingerprint density at radius 1 is 1.27 bits per heavy atom. The average molecular weight is 202 g/mol. The minimum atomic E-state index is -0.141. The van der Waals surface area contributed by atoms with Gasteiger partial charge in [0.2, 0.25) is 11.8 Å². The summed E-state index contributed by atoms with van der Waals surface area (Å²) in [5, 5.41) is 0.859. The number of H-pyrrole nitrogens is 1. The molecule has 1 N–H and O–H groups in total. The van der Waals surface area contributed by atoms with Gasteiger partial charge in [-0.3, -0.25) is 9.59 Å². The largest absolute Gasteiger partial charge is 0.485 e. The highest BCUT2D eigenvalue weighted by Crippen LogP contribution is 2.17. The average Bonchev–Trinajstić information content (AvgIpc) is 2.26. The third-order valence-corrected chi connectivity index (χ3v) is 1.99. The van der Waals surface area contributed by atoms with Gasteiger partial charge in [-0.1, -0.05) is 0 Å². The number of aromatic amines is 1. The lowest BCUT2D eigenvalue weighted by Gasteiger charge is -2.02. The van der Waals surface area contributed by atoms with Crippen molar-refractivity contribution >= 4 is 17.2 Å². The Morgan fingerprint density at radius 2 is 2.13 bits per heavy atom. The van der Waals surface area contributed by atoms with Crippen molar-refractivity contribution in [1.82, 2.24) is 4.98 Å². The molecule has 15 heavy (non-hydrogen) atoms. The van der Waals surface area contributed by atoms with E-state index in [1.54, 1.807) is 30.6 Å². The summed E-state index contributed by atoms with van der Waals surface area (Å²) in [5.41, 5.74) is 0.599. The summed E-state index contributed by atoms with van der Waals surface area (Å²) in [4.78, 5) is 23.7. The van der Waals surface area contributed by atoms with E-state index in [4.69, 9.17) is 4.74 Å². The highest BCUT2D eigenvalue weighted by molar-refractivity contribution is 5.79. The van der Waals surface area contributed by atoms with Gasteiger partial charge < -0.3 is 9.72 Å². The molecule has 4 nitrogen and oxygen atoms in total. The highest BCUT2D eigenvalue weighted by Gasteiger charge is 1.97. The molecule has 0 spiro atoms. The van der Waals surface area contributed by atoms with Crippen LogP contribution in [0.1, 0.15) is 0 Å². The second-order valence-electron chi connectivity index (χ2n) is 3.00. The third kappa shape index (κ3) is 2.04. The lowest BCUT2D eigenvalue weighted by Crippen LogP contribution is -2.02. The lowest BCUT2D eigenvalue weighted by atomic mass is 10.2. The molecule has 75 valence electrons. The number of fused-ring (bicyclic) bond motifs is 1. The zero-order chi connectivity index (χ0) is 10.7. The van der Waals surface area contributed by atoms with Crippen molar-refractivity contribution < 1.29 is 9.53 Å². The fraction of sp³-hybridized carbons (Fsp3) is 0.0909. The fourth-order valence-electron chi connectivity index (χ4n) is 1.33. The predicted molar refractivity (Wildman–Crippen MR) is 55.8 cm³/mol. The van der Waals surface area contributed by atoms with Crippen LogP contribution in [-0.2, 0) is 4.79 Å². The van der Waals surface area contributed by atoms with Crippen LogP contribution in [0.4, 0.5) is 0 Å². The van der Waals surface area contributed by atoms with Crippen molar-refractivity contribution in [3.05, 3.63) is 40.7 Å². The third-order valence-electron chi connectivity index (χ3n) is 1.99. The number of benzene rings is 1. The van der Waals surface area contributed by atoms with Crippen LogP contribution in [0.25, 0.3) is 10.9 Å². The van der Waals surface area contributed by atoms with Gasteiger partial charge in [0.05, 0.1) is 0 Å². The van der Waals surface area contributed by atoms with E-state index in [1.807, 2.05) is 0 Å². The molecule has 0 aliphatic carbocycles. The van der Waals surface area contributed by atoms with Gasteiger partial charge in [0.25, 0.3) is 0 Å². The fourth-order valence-corrected chi connectivity index (χ4v) is 1.33. The number of pyridine rings is 1. The molecule has 0 unspecified atom stereocenters. The molecule has 1 aromatic heterocycles. The van der Waals surface area contributed by atoms with E-state index < -0.39 is 0 Å². The quantitative estimate of drug-likeness (QED) is 0.808. The normalized spacial score (nSPS) is 10.1. The van der Waals surface area contributed by atoms with E-state index in [1.165, 1.54) is 6.07 Å². The second-order valence-corrected chi connectivity index (χ2v) is 3.00. The van der Waals surface area contributed by atoms with Gasteiger partial charge in [-0.2, -0.15) is 0 Å². The topological polar surface area (TPSA) is 59.2 Å². The van der Waals surface area contributed by atoms with Crippen molar-refractivity contribution in [3.8, 4) is 5.75 Å². The molecule has 0 fully saturated rings. The van der Waals surface area contributed by atoms with Crippen LogP contribution in [0.15, 0.2) is 35.1 Å². The number of hydrogen-bond donors (Lipinski definition) is 1. The first-order chi connectivity index (χ1) is 7.29. The van der Waals surface area contributed by atoms with E-state index in [2.05, 4.69) is 4.98 Å². The molecule has 1 aromatic carbocycles. The summed E-state index contributed by atoms with van der Waals surface area (Å²) in [5.74, 6) is 0.581. The van der Waals surface area contributed by atoms with Gasteiger partial charge in [-0.05, 0) is 24.3 Å². The molecule has 0 aliphatic rings. The van der Waals surface area contributed by atoms with Crippen molar-refractivity contribution in [3.63, 3.8) is 0 Å². The minimum absolute atomic E-state index is 0.0884. The molecule has 0 aliphatic heterocycles. The molecule has 0 bridgehead atoms. The van der Waals surface area contributed by atoms with Crippen molar-refractivity contribution in [1.29, 1.82) is 0 Å². The summed E-state index contributed by atoms with van der Waals surface area (Å²) in [6, 6.07) is 8.32. The van der Waals surface area contributed by atoms with Gasteiger partial charge in [-0.25, -0.2) is 0 Å². The molecule has 0 saturated heterocycles. The lowest BCUT2D eigenvalue weighted by molar-refractivity contribution is 0.365. The molecule has 1 radical (unpaired) electrons. The summed E-state index contributed by atoms with van der Waals surface area (Å²) in [7, 11) is 0. The SMILES string of the molecule is O=[C]COc1ccc2[nH]c(=O)ccc2c1. The summed E-state index contributed by atoms with van der Waals surface area (Å²) in [6.45, 7) is -0.0884. The van der Waals surface area contributed by atoms with E-state index in [0.29, 0.717) is 5.75 Å². The Morgan fingerprint density at radius 3 is 2.93 bits per heavy atom. The minimum Gasteiger partial charge on any atom is -0.485 e. The number of nitrogens with one attached hydrogen (secondary N) is 1. The van der Waals surface area contributed by atoms with Gasteiger partial charge in [0, 0.05) is 17.0 Å². The van der Waals surface area contributed by atoms with Crippen LogP contribution in [0, 0.1) is 0 Å². The number of rotatable bonds is 3. The Kier molecular flexibility index (Phi) is 2.49. The van der Waals surface area contributed by atoms with Crippen molar-refractivity contribution in [2.24, 2.45) is 0 Å². The standard InChI is InChI=1S/C11H8NO3/c13-5-6-15-9-2-3-10-8(7-9)1-4-11(14)12-10/h1-4,7H,6H2,(H,12,14). The number of carbonyl (C=O) groups excluding carboxylic acids is 1. The van der Waals surface area contributed by atoms with E-state index >= 15 is 0 Å². The Labute approximate surface area is 85.5 Å². The van der Waals surface area contributed by atoms with Crippen molar-refractivity contribution in [2.75, 3.05) is 6.61 Å². The van der Waals surface area contributed by atoms with Gasteiger partial charge in [0.15, 0.2) is 6.61 Å². The van der Waals surface area contributed by atoms with E-state index in [0.717, 1.165) is 10.9 Å². The molecule has 0 amide bonds. The first-order valence-corrected chi connectivity index (χ1v) is 4.40. The first kappa shape index (κ1) is 9.45. The molecule has 4 heteroatoms. The molecule has 0 saturated carbocycles. The maximum absolute atomic E-state index is 11.0. The Hall–Kier alpha value is -2.10.